The standard InChI is InChI=1S/C14H20BrNO2/c1-16-9-12-2-3-14(13(15)8-12)18-10-11-4-6-17-7-5-11/h2-3,8,11,16H,4-7,9-10H2,1H3. The molecule has 1 saturated heterocycles. The van der Waals surface area contributed by atoms with Crippen LogP contribution in [0.25, 0.3) is 0 Å². The van der Waals surface area contributed by atoms with Crippen LogP contribution in [0.2, 0.25) is 0 Å². The first kappa shape index (κ1) is 13.8. The van der Waals surface area contributed by atoms with Crippen molar-refractivity contribution in [1.29, 1.82) is 0 Å². The minimum absolute atomic E-state index is 0.627. The van der Waals surface area contributed by atoms with Gasteiger partial charge in [0.25, 0.3) is 0 Å². The summed E-state index contributed by atoms with van der Waals surface area (Å²) in [6.45, 7) is 3.40. The van der Waals surface area contributed by atoms with Crippen LogP contribution >= 0.6 is 15.9 Å². The van der Waals surface area contributed by atoms with Gasteiger partial charge in [0.15, 0.2) is 0 Å². The predicted octanol–water partition coefficient (Wildman–Crippen LogP) is 2.97. The molecule has 1 heterocycles. The zero-order valence-corrected chi connectivity index (χ0v) is 12.3. The van der Waals surface area contributed by atoms with Crippen molar-refractivity contribution in [3.8, 4) is 5.75 Å². The molecule has 18 heavy (non-hydrogen) atoms. The molecule has 1 fully saturated rings. The molecule has 0 amide bonds. The smallest absolute Gasteiger partial charge is 0.133 e. The Kier molecular flexibility index (Phi) is 5.47. The zero-order chi connectivity index (χ0) is 12.8. The van der Waals surface area contributed by atoms with Crippen molar-refractivity contribution in [2.75, 3.05) is 26.9 Å². The third kappa shape index (κ3) is 3.97. The summed E-state index contributed by atoms with van der Waals surface area (Å²) in [5.41, 5.74) is 1.25. The highest BCUT2D eigenvalue weighted by atomic mass is 79.9. The first-order valence-electron chi connectivity index (χ1n) is 6.43. The molecule has 0 spiro atoms. The van der Waals surface area contributed by atoms with E-state index in [1.165, 1.54) is 5.56 Å². The normalized spacial score (nSPS) is 16.8. The van der Waals surface area contributed by atoms with Crippen LogP contribution in [0, 0.1) is 5.92 Å². The number of nitrogens with one attached hydrogen (secondary N) is 1. The minimum atomic E-state index is 0.627. The molecule has 1 aromatic carbocycles. The van der Waals surface area contributed by atoms with Gasteiger partial charge in [-0.3, -0.25) is 0 Å². The highest BCUT2D eigenvalue weighted by Crippen LogP contribution is 2.27. The average Bonchev–Trinajstić information content (AvgIpc) is 2.39. The Balaban J connectivity index is 1.88. The maximum Gasteiger partial charge on any atom is 0.133 e. The molecule has 0 radical (unpaired) electrons. The first-order valence-corrected chi connectivity index (χ1v) is 7.22. The van der Waals surface area contributed by atoms with Gasteiger partial charge in [0.1, 0.15) is 5.75 Å². The van der Waals surface area contributed by atoms with Crippen molar-refractivity contribution in [1.82, 2.24) is 5.32 Å². The number of benzene rings is 1. The lowest BCUT2D eigenvalue weighted by Crippen LogP contribution is -2.21. The van der Waals surface area contributed by atoms with Crippen LogP contribution in [-0.4, -0.2) is 26.9 Å². The fourth-order valence-electron chi connectivity index (χ4n) is 2.10. The van der Waals surface area contributed by atoms with Crippen LogP contribution in [-0.2, 0) is 11.3 Å². The molecule has 0 saturated carbocycles. The fourth-order valence-corrected chi connectivity index (χ4v) is 2.64. The lowest BCUT2D eigenvalue weighted by atomic mass is 10.0. The number of ether oxygens (including phenoxy) is 2. The largest absolute Gasteiger partial charge is 0.492 e. The van der Waals surface area contributed by atoms with E-state index in [0.717, 1.165) is 49.4 Å². The molecule has 1 aliphatic heterocycles. The maximum atomic E-state index is 5.89. The monoisotopic (exact) mass is 313 g/mol. The third-order valence-electron chi connectivity index (χ3n) is 3.19. The van der Waals surface area contributed by atoms with Gasteiger partial charge in [-0.05, 0) is 59.4 Å². The first-order chi connectivity index (χ1) is 8.79. The Bertz CT molecular complexity index is 378. The van der Waals surface area contributed by atoms with Gasteiger partial charge in [0.2, 0.25) is 0 Å². The minimum Gasteiger partial charge on any atom is -0.492 e. The second-order valence-corrected chi connectivity index (χ2v) is 5.52. The van der Waals surface area contributed by atoms with E-state index in [-0.39, 0.29) is 0 Å². The van der Waals surface area contributed by atoms with E-state index in [2.05, 4.69) is 33.4 Å². The van der Waals surface area contributed by atoms with Gasteiger partial charge >= 0.3 is 0 Å². The fraction of sp³-hybridized carbons (Fsp3) is 0.571. The molecule has 0 aliphatic carbocycles. The van der Waals surface area contributed by atoms with Crippen molar-refractivity contribution in [2.45, 2.75) is 19.4 Å². The summed E-state index contributed by atoms with van der Waals surface area (Å²) in [5.74, 6) is 1.56. The molecule has 100 valence electrons. The Morgan fingerprint density at radius 1 is 1.39 bits per heavy atom. The number of hydrogen-bond donors (Lipinski definition) is 1. The average molecular weight is 314 g/mol. The van der Waals surface area contributed by atoms with Gasteiger partial charge in [-0.25, -0.2) is 0 Å². The summed E-state index contributed by atoms with van der Waals surface area (Å²) in [6, 6.07) is 6.24. The predicted molar refractivity (Wildman–Crippen MR) is 75.9 cm³/mol. The van der Waals surface area contributed by atoms with E-state index in [1.807, 2.05) is 13.1 Å². The summed E-state index contributed by atoms with van der Waals surface area (Å²) >= 11 is 3.56. The number of halogens is 1. The van der Waals surface area contributed by atoms with E-state index in [0.29, 0.717) is 5.92 Å². The Morgan fingerprint density at radius 3 is 2.83 bits per heavy atom. The molecule has 0 atom stereocenters. The second-order valence-electron chi connectivity index (χ2n) is 4.66. The molecule has 4 heteroatoms. The van der Waals surface area contributed by atoms with E-state index in [1.54, 1.807) is 0 Å². The topological polar surface area (TPSA) is 30.5 Å². The molecular formula is C14H20BrNO2. The number of hydrogen-bond acceptors (Lipinski definition) is 3. The van der Waals surface area contributed by atoms with E-state index in [9.17, 15) is 0 Å². The highest BCUT2D eigenvalue weighted by molar-refractivity contribution is 9.10. The van der Waals surface area contributed by atoms with Crippen molar-refractivity contribution in [3.63, 3.8) is 0 Å². The molecule has 0 bridgehead atoms. The molecule has 1 aliphatic rings. The van der Waals surface area contributed by atoms with Gasteiger partial charge in [0, 0.05) is 19.8 Å². The Labute approximate surface area is 117 Å². The molecule has 3 nitrogen and oxygen atoms in total. The van der Waals surface area contributed by atoms with Crippen molar-refractivity contribution >= 4 is 15.9 Å². The summed E-state index contributed by atoms with van der Waals surface area (Å²) < 4.78 is 12.3. The molecule has 0 aromatic heterocycles. The Hall–Kier alpha value is -0.580. The third-order valence-corrected chi connectivity index (χ3v) is 3.81. The summed E-state index contributed by atoms with van der Waals surface area (Å²) in [4.78, 5) is 0. The second kappa shape index (κ2) is 7.12. The van der Waals surface area contributed by atoms with E-state index in [4.69, 9.17) is 9.47 Å². The van der Waals surface area contributed by atoms with Gasteiger partial charge < -0.3 is 14.8 Å². The van der Waals surface area contributed by atoms with Crippen LogP contribution in [0.15, 0.2) is 22.7 Å². The van der Waals surface area contributed by atoms with Crippen LogP contribution in [0.1, 0.15) is 18.4 Å². The van der Waals surface area contributed by atoms with Crippen molar-refractivity contribution in [3.05, 3.63) is 28.2 Å². The number of rotatable bonds is 5. The summed E-state index contributed by atoms with van der Waals surface area (Å²) in [6.07, 6.45) is 2.21. The molecule has 0 unspecified atom stereocenters. The van der Waals surface area contributed by atoms with Crippen molar-refractivity contribution in [2.24, 2.45) is 5.92 Å². The lowest BCUT2D eigenvalue weighted by Gasteiger charge is -2.22. The lowest BCUT2D eigenvalue weighted by molar-refractivity contribution is 0.0496. The summed E-state index contributed by atoms with van der Waals surface area (Å²) in [5, 5.41) is 3.14. The maximum absolute atomic E-state index is 5.89. The van der Waals surface area contributed by atoms with Gasteiger partial charge in [0.05, 0.1) is 11.1 Å². The highest BCUT2D eigenvalue weighted by Gasteiger charge is 2.15. The van der Waals surface area contributed by atoms with E-state index >= 15 is 0 Å². The quantitative estimate of drug-likeness (QED) is 0.906. The summed E-state index contributed by atoms with van der Waals surface area (Å²) in [7, 11) is 1.95. The van der Waals surface area contributed by atoms with Gasteiger partial charge in [-0.1, -0.05) is 6.07 Å². The Morgan fingerprint density at radius 2 is 2.17 bits per heavy atom. The zero-order valence-electron chi connectivity index (χ0n) is 10.7. The van der Waals surface area contributed by atoms with Crippen LogP contribution in [0.3, 0.4) is 0 Å². The van der Waals surface area contributed by atoms with E-state index < -0.39 is 0 Å². The van der Waals surface area contributed by atoms with Crippen LogP contribution in [0.4, 0.5) is 0 Å². The van der Waals surface area contributed by atoms with Crippen molar-refractivity contribution < 1.29 is 9.47 Å². The molecular weight excluding hydrogens is 294 g/mol. The van der Waals surface area contributed by atoms with Gasteiger partial charge in [-0.15, -0.1) is 0 Å². The molecule has 2 rings (SSSR count). The SMILES string of the molecule is CNCc1ccc(OCC2CCOCC2)c(Br)c1. The molecule has 1 N–H and O–H groups in total. The van der Waals surface area contributed by atoms with Crippen LogP contribution < -0.4 is 10.1 Å². The molecule has 1 aromatic rings. The van der Waals surface area contributed by atoms with Gasteiger partial charge in [-0.2, -0.15) is 0 Å². The van der Waals surface area contributed by atoms with Crippen LogP contribution in [0.5, 0.6) is 5.75 Å².